The van der Waals surface area contributed by atoms with E-state index in [-0.39, 0.29) is 30.8 Å². The molecular weight excluding hydrogens is 425 g/mol. The number of benzene rings is 2. The highest BCUT2D eigenvalue weighted by atomic mass is 19.1. The number of nitrogens with one attached hydrogen (secondary N) is 2. The topological polar surface area (TPSA) is 78.8 Å². The zero-order chi connectivity index (χ0) is 23.4. The Kier molecular flexibility index (Phi) is 6.79. The minimum atomic E-state index is -0.383. The second-order valence-electron chi connectivity index (χ2n) is 8.16. The number of methoxy groups -OCH3 is 1. The number of ether oxygens (including phenoxy) is 1. The van der Waals surface area contributed by atoms with Gasteiger partial charge >= 0.3 is 6.03 Å². The number of hydrogen-bond donors (Lipinski definition) is 2. The first-order chi connectivity index (χ1) is 15.9. The molecule has 33 heavy (non-hydrogen) atoms. The molecule has 1 aromatic heterocycles. The summed E-state index contributed by atoms with van der Waals surface area (Å²) in [6.07, 6.45) is 1.81. The molecule has 1 fully saturated rings. The van der Waals surface area contributed by atoms with Crippen LogP contribution in [-0.2, 0) is 17.9 Å². The average molecular weight is 454 g/mol. The molecule has 0 atom stereocenters. The van der Waals surface area contributed by atoms with E-state index in [9.17, 15) is 14.0 Å². The molecule has 0 bridgehead atoms. The van der Waals surface area contributed by atoms with E-state index in [1.54, 1.807) is 37.4 Å². The molecular formula is C24H28FN5O3. The van der Waals surface area contributed by atoms with Crippen molar-refractivity contribution in [3.8, 4) is 5.75 Å². The first kappa shape index (κ1) is 22.6. The smallest absolute Gasteiger partial charge is 0.319 e. The second-order valence-corrected chi connectivity index (χ2v) is 8.16. The Morgan fingerprint density at radius 1 is 1.06 bits per heavy atom. The van der Waals surface area contributed by atoms with Gasteiger partial charge in [-0.15, -0.1) is 0 Å². The van der Waals surface area contributed by atoms with E-state index in [2.05, 4.69) is 15.5 Å². The van der Waals surface area contributed by atoms with Crippen molar-refractivity contribution in [3.05, 3.63) is 60.0 Å². The molecule has 3 amide bonds. The highest BCUT2D eigenvalue weighted by Crippen LogP contribution is 2.23. The van der Waals surface area contributed by atoms with Crippen molar-refractivity contribution in [2.75, 3.05) is 45.7 Å². The molecule has 4 rings (SSSR count). The summed E-state index contributed by atoms with van der Waals surface area (Å²) < 4.78 is 20.9. The molecule has 8 nitrogen and oxygen atoms in total. The molecule has 1 saturated heterocycles. The van der Waals surface area contributed by atoms with Crippen LogP contribution in [-0.4, -0.2) is 66.6 Å². The van der Waals surface area contributed by atoms with Crippen molar-refractivity contribution in [1.29, 1.82) is 0 Å². The lowest BCUT2D eigenvalue weighted by Crippen LogP contribution is -2.48. The van der Waals surface area contributed by atoms with Gasteiger partial charge in [0.2, 0.25) is 5.91 Å². The third-order valence-electron chi connectivity index (χ3n) is 5.87. The largest absolute Gasteiger partial charge is 0.497 e. The van der Waals surface area contributed by atoms with Crippen molar-refractivity contribution in [3.63, 3.8) is 0 Å². The maximum absolute atomic E-state index is 14.0. The van der Waals surface area contributed by atoms with Crippen molar-refractivity contribution in [2.45, 2.75) is 13.1 Å². The first-order valence-corrected chi connectivity index (χ1v) is 10.9. The molecule has 2 heterocycles. The van der Waals surface area contributed by atoms with Crippen LogP contribution in [0.15, 0.2) is 48.7 Å². The normalized spacial score (nSPS) is 14.3. The number of aromatic nitrogens is 1. The SMILES string of the molecule is COc1ccc(NC(=O)NCc2cn(CC(=O)N3CCN(C)CC3)c3ccc(F)cc23)cc1. The molecule has 0 aliphatic carbocycles. The van der Waals surface area contributed by atoms with E-state index >= 15 is 0 Å². The lowest BCUT2D eigenvalue weighted by atomic mass is 10.1. The van der Waals surface area contributed by atoms with E-state index in [0.717, 1.165) is 24.2 Å². The Morgan fingerprint density at radius 2 is 1.79 bits per heavy atom. The van der Waals surface area contributed by atoms with Gasteiger partial charge in [0.05, 0.1) is 7.11 Å². The fourth-order valence-electron chi connectivity index (χ4n) is 3.94. The number of halogens is 1. The molecule has 3 aromatic rings. The lowest BCUT2D eigenvalue weighted by molar-refractivity contribution is -0.133. The summed E-state index contributed by atoms with van der Waals surface area (Å²) >= 11 is 0. The van der Waals surface area contributed by atoms with Crippen molar-refractivity contribution in [2.24, 2.45) is 0 Å². The van der Waals surface area contributed by atoms with E-state index in [0.29, 0.717) is 29.9 Å². The van der Waals surface area contributed by atoms with Gasteiger partial charge in [-0.05, 0) is 55.1 Å². The molecule has 0 unspecified atom stereocenters. The number of amides is 3. The third-order valence-corrected chi connectivity index (χ3v) is 5.87. The fourth-order valence-corrected chi connectivity index (χ4v) is 3.94. The summed E-state index contributed by atoms with van der Waals surface area (Å²) in [4.78, 5) is 29.2. The molecule has 2 aromatic carbocycles. The number of anilines is 1. The predicted octanol–water partition coefficient (Wildman–Crippen LogP) is 2.88. The quantitative estimate of drug-likeness (QED) is 0.602. The zero-order valence-corrected chi connectivity index (χ0v) is 18.8. The minimum Gasteiger partial charge on any atom is -0.497 e. The molecule has 0 spiro atoms. The number of carbonyl (C=O) groups excluding carboxylic acids is 2. The van der Waals surface area contributed by atoms with Crippen LogP contribution in [0, 0.1) is 5.82 Å². The number of hydrogen-bond acceptors (Lipinski definition) is 4. The summed E-state index contributed by atoms with van der Waals surface area (Å²) in [6, 6.07) is 11.1. The summed E-state index contributed by atoms with van der Waals surface area (Å²) in [5.41, 5.74) is 2.12. The maximum atomic E-state index is 14.0. The highest BCUT2D eigenvalue weighted by Gasteiger charge is 2.20. The number of urea groups is 1. The van der Waals surface area contributed by atoms with Gasteiger partial charge in [0.1, 0.15) is 18.1 Å². The van der Waals surface area contributed by atoms with Crippen LogP contribution in [0.1, 0.15) is 5.56 Å². The van der Waals surface area contributed by atoms with Crippen LogP contribution in [0.5, 0.6) is 5.75 Å². The molecule has 0 radical (unpaired) electrons. The molecule has 1 aliphatic heterocycles. The zero-order valence-electron chi connectivity index (χ0n) is 18.8. The number of likely N-dealkylation sites (N-methyl/N-ethyl adjacent to an activating group) is 1. The third kappa shape index (κ3) is 5.43. The molecule has 1 aliphatic rings. The van der Waals surface area contributed by atoms with Crippen LogP contribution in [0.25, 0.3) is 10.9 Å². The van der Waals surface area contributed by atoms with E-state index in [4.69, 9.17) is 4.74 Å². The Labute approximate surface area is 191 Å². The van der Waals surface area contributed by atoms with Gasteiger partial charge in [-0.2, -0.15) is 0 Å². The van der Waals surface area contributed by atoms with Crippen molar-refractivity contribution < 1.29 is 18.7 Å². The van der Waals surface area contributed by atoms with Gasteiger partial charge in [-0.3, -0.25) is 4.79 Å². The Morgan fingerprint density at radius 3 is 2.48 bits per heavy atom. The Hall–Kier alpha value is -3.59. The second kappa shape index (κ2) is 9.91. The Bertz CT molecular complexity index is 1140. The van der Waals surface area contributed by atoms with Crippen molar-refractivity contribution in [1.82, 2.24) is 19.7 Å². The van der Waals surface area contributed by atoms with Crippen LogP contribution in [0.4, 0.5) is 14.9 Å². The highest BCUT2D eigenvalue weighted by molar-refractivity contribution is 5.90. The van der Waals surface area contributed by atoms with E-state index in [1.807, 2.05) is 22.7 Å². The van der Waals surface area contributed by atoms with Crippen LogP contribution >= 0.6 is 0 Å². The van der Waals surface area contributed by atoms with Gasteiger partial charge < -0.3 is 29.7 Å². The lowest BCUT2D eigenvalue weighted by Gasteiger charge is -2.32. The predicted molar refractivity (Wildman–Crippen MR) is 125 cm³/mol. The standard InChI is InChI=1S/C24H28FN5O3/c1-28-9-11-29(12-10-28)23(31)16-30-15-17(21-13-18(25)3-8-22(21)30)14-26-24(32)27-19-4-6-20(33-2)7-5-19/h3-8,13,15H,9-12,14,16H2,1-2H3,(H2,26,27,32). The average Bonchev–Trinajstić information content (AvgIpc) is 3.15. The summed E-state index contributed by atoms with van der Waals surface area (Å²) in [5.74, 6) is 0.359. The van der Waals surface area contributed by atoms with E-state index < -0.39 is 0 Å². The van der Waals surface area contributed by atoms with Gasteiger partial charge in [0, 0.05) is 55.5 Å². The molecule has 174 valence electrons. The van der Waals surface area contributed by atoms with Crippen LogP contribution in [0.3, 0.4) is 0 Å². The van der Waals surface area contributed by atoms with Crippen LogP contribution < -0.4 is 15.4 Å². The van der Waals surface area contributed by atoms with Gasteiger partial charge in [-0.1, -0.05) is 0 Å². The number of piperazine rings is 1. The number of carbonyl (C=O) groups is 2. The monoisotopic (exact) mass is 453 g/mol. The summed E-state index contributed by atoms with van der Waals surface area (Å²) in [5, 5.41) is 6.23. The number of fused-ring (bicyclic) bond motifs is 1. The van der Waals surface area contributed by atoms with Gasteiger partial charge in [0.25, 0.3) is 0 Å². The van der Waals surface area contributed by atoms with Crippen molar-refractivity contribution >= 4 is 28.5 Å². The molecule has 9 heteroatoms. The fraction of sp³-hybridized carbons (Fsp3) is 0.333. The Balaban J connectivity index is 1.45. The molecule has 0 saturated carbocycles. The van der Waals surface area contributed by atoms with E-state index in [1.165, 1.54) is 12.1 Å². The first-order valence-electron chi connectivity index (χ1n) is 10.9. The van der Waals surface area contributed by atoms with Crippen LogP contribution in [0.2, 0.25) is 0 Å². The van der Waals surface area contributed by atoms with Gasteiger partial charge in [-0.25, -0.2) is 9.18 Å². The minimum absolute atomic E-state index is 0.0288. The number of rotatable bonds is 6. The molecule has 2 N–H and O–H groups in total. The maximum Gasteiger partial charge on any atom is 0.319 e. The summed E-state index contributed by atoms with van der Waals surface area (Å²) in [6.45, 7) is 3.46. The number of nitrogens with zero attached hydrogens (tertiary/aromatic N) is 3. The summed E-state index contributed by atoms with van der Waals surface area (Å²) in [7, 11) is 3.62. The van der Waals surface area contributed by atoms with Gasteiger partial charge in [0.15, 0.2) is 0 Å².